The van der Waals surface area contributed by atoms with Crippen molar-refractivity contribution < 1.29 is 9.59 Å². The lowest BCUT2D eigenvalue weighted by molar-refractivity contribution is -0.120. The lowest BCUT2D eigenvalue weighted by Gasteiger charge is -2.10. The molecule has 4 N–H and O–H groups in total. The molecule has 0 unspecified atom stereocenters. The molecule has 1 aromatic carbocycles. The summed E-state index contributed by atoms with van der Waals surface area (Å²) in [7, 11) is 0. The summed E-state index contributed by atoms with van der Waals surface area (Å²) in [5, 5.41) is 11.5. The zero-order chi connectivity index (χ0) is 18.8. The maximum atomic E-state index is 11.9. The third-order valence-electron chi connectivity index (χ3n) is 3.39. The summed E-state index contributed by atoms with van der Waals surface area (Å²) >= 11 is 0. The van der Waals surface area contributed by atoms with Gasteiger partial charge in [0.25, 0.3) is 5.91 Å². The summed E-state index contributed by atoms with van der Waals surface area (Å²) in [6, 6.07) is 10.6. The van der Waals surface area contributed by atoms with Crippen LogP contribution in [0.1, 0.15) is 23.0 Å². The van der Waals surface area contributed by atoms with E-state index in [4.69, 9.17) is 0 Å². The molecule has 2 amide bonds. The minimum Gasteiger partial charge on any atom is -0.370 e. The molecule has 8 heteroatoms. The van der Waals surface area contributed by atoms with Crippen molar-refractivity contribution in [2.45, 2.75) is 13.8 Å². The van der Waals surface area contributed by atoms with E-state index in [9.17, 15) is 9.59 Å². The van der Waals surface area contributed by atoms with Crippen molar-refractivity contribution >= 4 is 23.6 Å². The van der Waals surface area contributed by atoms with E-state index < -0.39 is 0 Å². The number of anilines is 2. The van der Waals surface area contributed by atoms with Gasteiger partial charge in [0.1, 0.15) is 5.82 Å². The molecule has 0 spiro atoms. The van der Waals surface area contributed by atoms with Gasteiger partial charge in [-0.05, 0) is 26.0 Å². The normalized spacial score (nSPS) is 10.1. The Kier molecular flexibility index (Phi) is 7.35. The molecule has 8 nitrogen and oxygen atoms in total. The van der Waals surface area contributed by atoms with E-state index >= 15 is 0 Å². The van der Waals surface area contributed by atoms with E-state index in [0.717, 1.165) is 18.1 Å². The summed E-state index contributed by atoms with van der Waals surface area (Å²) in [5.41, 5.74) is 1.38. The number of hydrogen-bond donors (Lipinski definition) is 4. The summed E-state index contributed by atoms with van der Waals surface area (Å²) in [4.78, 5) is 32.3. The molecule has 0 saturated carbocycles. The van der Waals surface area contributed by atoms with Gasteiger partial charge >= 0.3 is 0 Å². The number of carbonyl (C=O) groups excluding carboxylic acids is 2. The Morgan fingerprint density at radius 3 is 2.50 bits per heavy atom. The van der Waals surface area contributed by atoms with Crippen LogP contribution in [-0.4, -0.2) is 48.0 Å². The van der Waals surface area contributed by atoms with Gasteiger partial charge in [0, 0.05) is 37.0 Å². The second-order valence-corrected chi connectivity index (χ2v) is 5.57. The van der Waals surface area contributed by atoms with Crippen LogP contribution in [0.15, 0.2) is 36.4 Å². The van der Waals surface area contributed by atoms with Crippen molar-refractivity contribution in [2.24, 2.45) is 0 Å². The van der Waals surface area contributed by atoms with E-state index in [1.807, 2.05) is 26.0 Å². The van der Waals surface area contributed by atoms with Crippen LogP contribution in [0.3, 0.4) is 0 Å². The van der Waals surface area contributed by atoms with E-state index in [1.165, 1.54) is 0 Å². The van der Waals surface area contributed by atoms with E-state index in [1.54, 1.807) is 24.3 Å². The minimum absolute atomic E-state index is 0.0702. The Morgan fingerprint density at radius 2 is 1.77 bits per heavy atom. The third kappa shape index (κ3) is 6.39. The SMILES string of the molecule is CCNc1cc(C)nc(NCCNC(=O)CNC(=O)c2ccccc2)n1. The molecule has 2 rings (SSSR count). The number of nitrogens with one attached hydrogen (secondary N) is 4. The van der Waals surface area contributed by atoms with Gasteiger partial charge in [-0.3, -0.25) is 9.59 Å². The second-order valence-electron chi connectivity index (χ2n) is 5.57. The first-order chi connectivity index (χ1) is 12.6. The highest BCUT2D eigenvalue weighted by molar-refractivity contribution is 5.96. The summed E-state index contributed by atoms with van der Waals surface area (Å²) in [6.45, 7) is 5.47. The molecule has 0 aliphatic carbocycles. The molecule has 0 radical (unpaired) electrons. The lowest BCUT2D eigenvalue weighted by atomic mass is 10.2. The van der Waals surface area contributed by atoms with Gasteiger partial charge in [-0.2, -0.15) is 4.98 Å². The maximum absolute atomic E-state index is 11.9. The van der Waals surface area contributed by atoms with E-state index in [0.29, 0.717) is 24.6 Å². The largest absolute Gasteiger partial charge is 0.370 e. The molecule has 1 heterocycles. The second kappa shape index (κ2) is 9.97. The van der Waals surface area contributed by atoms with Gasteiger partial charge in [0.15, 0.2) is 0 Å². The molecule has 26 heavy (non-hydrogen) atoms. The molecule has 138 valence electrons. The number of benzene rings is 1. The summed E-state index contributed by atoms with van der Waals surface area (Å²) < 4.78 is 0. The fraction of sp³-hybridized carbons (Fsp3) is 0.333. The summed E-state index contributed by atoms with van der Waals surface area (Å²) in [5.74, 6) is 0.736. The Labute approximate surface area is 152 Å². The van der Waals surface area contributed by atoms with Crippen LogP contribution in [0.2, 0.25) is 0 Å². The van der Waals surface area contributed by atoms with E-state index in [2.05, 4.69) is 31.2 Å². The van der Waals surface area contributed by atoms with Crippen molar-refractivity contribution in [2.75, 3.05) is 36.8 Å². The number of aromatic nitrogens is 2. The van der Waals surface area contributed by atoms with Crippen molar-refractivity contribution in [1.29, 1.82) is 0 Å². The monoisotopic (exact) mass is 356 g/mol. The third-order valence-corrected chi connectivity index (χ3v) is 3.39. The molecule has 1 aromatic heterocycles. The fourth-order valence-electron chi connectivity index (χ4n) is 2.21. The van der Waals surface area contributed by atoms with Crippen molar-refractivity contribution in [1.82, 2.24) is 20.6 Å². The molecular weight excluding hydrogens is 332 g/mol. The minimum atomic E-state index is -0.275. The van der Waals surface area contributed by atoms with Gasteiger partial charge in [-0.25, -0.2) is 4.98 Å². The highest BCUT2D eigenvalue weighted by Gasteiger charge is 2.07. The number of nitrogens with zero attached hydrogens (tertiary/aromatic N) is 2. The average Bonchev–Trinajstić information content (AvgIpc) is 2.64. The smallest absolute Gasteiger partial charge is 0.251 e. The predicted molar refractivity (Wildman–Crippen MR) is 101 cm³/mol. The van der Waals surface area contributed by atoms with Crippen LogP contribution in [0, 0.1) is 6.92 Å². The van der Waals surface area contributed by atoms with Crippen LogP contribution in [0.25, 0.3) is 0 Å². The van der Waals surface area contributed by atoms with Crippen LogP contribution < -0.4 is 21.3 Å². The molecule has 0 saturated heterocycles. The van der Waals surface area contributed by atoms with Gasteiger partial charge in [-0.15, -0.1) is 0 Å². The molecule has 0 atom stereocenters. The topological polar surface area (TPSA) is 108 Å². The van der Waals surface area contributed by atoms with Gasteiger partial charge < -0.3 is 21.3 Å². The molecule has 0 fully saturated rings. The molecule has 0 aliphatic rings. The van der Waals surface area contributed by atoms with Crippen LogP contribution >= 0.6 is 0 Å². The number of amides is 2. The van der Waals surface area contributed by atoms with Crippen LogP contribution in [-0.2, 0) is 4.79 Å². The highest BCUT2D eigenvalue weighted by Crippen LogP contribution is 2.08. The highest BCUT2D eigenvalue weighted by atomic mass is 16.2. The van der Waals surface area contributed by atoms with Gasteiger partial charge in [0.2, 0.25) is 11.9 Å². The number of aryl methyl sites for hydroxylation is 1. The number of carbonyl (C=O) groups is 2. The molecule has 2 aromatic rings. The van der Waals surface area contributed by atoms with Crippen molar-refractivity contribution in [3.8, 4) is 0 Å². The first kappa shape index (κ1) is 19.2. The number of rotatable bonds is 9. The summed E-state index contributed by atoms with van der Waals surface area (Å²) in [6.07, 6.45) is 0. The van der Waals surface area contributed by atoms with Gasteiger partial charge in [-0.1, -0.05) is 18.2 Å². The fourth-order valence-corrected chi connectivity index (χ4v) is 2.21. The zero-order valence-electron chi connectivity index (χ0n) is 15.0. The van der Waals surface area contributed by atoms with Crippen LogP contribution in [0.5, 0.6) is 0 Å². The Morgan fingerprint density at radius 1 is 1.00 bits per heavy atom. The lowest BCUT2D eigenvalue weighted by Crippen LogP contribution is -2.38. The Hall–Kier alpha value is -3.16. The van der Waals surface area contributed by atoms with Crippen LogP contribution in [0.4, 0.5) is 11.8 Å². The number of hydrogen-bond acceptors (Lipinski definition) is 6. The van der Waals surface area contributed by atoms with Gasteiger partial charge in [0.05, 0.1) is 6.54 Å². The Bertz CT molecular complexity index is 736. The average molecular weight is 356 g/mol. The predicted octanol–water partition coefficient (Wildman–Crippen LogP) is 1.17. The van der Waals surface area contributed by atoms with Crippen molar-refractivity contribution in [3.63, 3.8) is 0 Å². The molecule has 0 bridgehead atoms. The first-order valence-corrected chi connectivity index (χ1v) is 8.52. The molecular formula is C18H24N6O2. The van der Waals surface area contributed by atoms with E-state index in [-0.39, 0.29) is 18.4 Å². The zero-order valence-corrected chi connectivity index (χ0v) is 15.0. The Balaban J connectivity index is 1.68. The molecule has 0 aliphatic heterocycles. The first-order valence-electron chi connectivity index (χ1n) is 8.52. The standard InChI is InChI=1S/C18H24N6O2/c1-3-19-15-11-13(2)23-18(24-15)21-10-9-20-16(25)12-22-17(26)14-7-5-4-6-8-14/h4-8,11H,3,9-10,12H2,1-2H3,(H,20,25)(H,22,26)(H2,19,21,23,24). The quantitative estimate of drug-likeness (QED) is 0.503. The maximum Gasteiger partial charge on any atom is 0.251 e. The van der Waals surface area contributed by atoms with Crippen molar-refractivity contribution in [3.05, 3.63) is 47.7 Å².